The molecule has 0 amide bonds. The summed E-state index contributed by atoms with van der Waals surface area (Å²) < 4.78 is 1.92. The third-order valence-corrected chi connectivity index (χ3v) is 7.52. The number of pyridine rings is 1. The van der Waals surface area contributed by atoms with Gasteiger partial charge in [0.15, 0.2) is 5.78 Å². The number of aromatic nitrogens is 3. The molecule has 0 bridgehead atoms. The zero-order chi connectivity index (χ0) is 24.9. The first-order chi connectivity index (χ1) is 16.6. The zero-order valence-corrected chi connectivity index (χ0v) is 21.2. The molecular formula is C28H36N4O3. The van der Waals surface area contributed by atoms with Crippen molar-refractivity contribution in [3.05, 3.63) is 51.2 Å². The van der Waals surface area contributed by atoms with Crippen molar-refractivity contribution in [2.75, 3.05) is 5.32 Å². The minimum Gasteiger partial charge on any atom is -0.393 e. The number of fused-ring (bicyclic) bond motifs is 2. The highest BCUT2D eigenvalue weighted by Crippen LogP contribution is 2.38. The van der Waals surface area contributed by atoms with Crippen molar-refractivity contribution in [3.8, 4) is 5.69 Å². The van der Waals surface area contributed by atoms with Gasteiger partial charge in [-0.25, -0.2) is 4.68 Å². The topological polar surface area (TPSA) is 100 Å². The molecule has 2 aliphatic carbocycles. The van der Waals surface area contributed by atoms with E-state index in [2.05, 4.69) is 37.1 Å². The Bertz CT molecular complexity index is 1340. The molecule has 35 heavy (non-hydrogen) atoms. The molecular weight excluding hydrogens is 440 g/mol. The van der Waals surface area contributed by atoms with E-state index in [0.717, 1.165) is 84.4 Å². The second kappa shape index (κ2) is 8.94. The molecule has 1 aromatic carbocycles. The summed E-state index contributed by atoms with van der Waals surface area (Å²) in [4.78, 5) is 29.2. The number of aliphatic hydroxyl groups is 1. The first-order valence-corrected chi connectivity index (χ1v) is 12.9. The predicted molar refractivity (Wildman–Crippen MR) is 139 cm³/mol. The fraction of sp³-hybridized carbons (Fsp3) is 0.536. The van der Waals surface area contributed by atoms with E-state index in [0.29, 0.717) is 11.8 Å². The van der Waals surface area contributed by atoms with Crippen LogP contribution in [0.3, 0.4) is 0 Å². The number of aliphatic hydroxyl groups excluding tert-OH is 1. The summed E-state index contributed by atoms with van der Waals surface area (Å²) in [6, 6.07) is 6.29. The van der Waals surface area contributed by atoms with E-state index in [9.17, 15) is 14.7 Å². The minimum absolute atomic E-state index is 0.0918. The lowest BCUT2D eigenvalue weighted by Crippen LogP contribution is -2.29. The zero-order valence-electron chi connectivity index (χ0n) is 21.2. The largest absolute Gasteiger partial charge is 0.393 e. The van der Waals surface area contributed by atoms with Crippen LogP contribution in [-0.2, 0) is 12.8 Å². The molecule has 7 heteroatoms. The van der Waals surface area contributed by atoms with Crippen molar-refractivity contribution >= 4 is 22.2 Å². The monoisotopic (exact) mass is 476 g/mol. The molecule has 3 aromatic rings. The third kappa shape index (κ3) is 4.54. The van der Waals surface area contributed by atoms with Crippen molar-refractivity contribution in [1.82, 2.24) is 14.8 Å². The summed E-state index contributed by atoms with van der Waals surface area (Å²) in [7, 11) is 0. The van der Waals surface area contributed by atoms with Crippen molar-refractivity contribution in [2.24, 2.45) is 5.41 Å². The quantitative estimate of drug-likeness (QED) is 0.489. The molecule has 3 N–H and O–H groups in total. The molecule has 2 aromatic heterocycles. The number of hydrogen-bond donors (Lipinski definition) is 3. The van der Waals surface area contributed by atoms with E-state index in [1.165, 1.54) is 0 Å². The maximum absolute atomic E-state index is 13.2. The van der Waals surface area contributed by atoms with Crippen molar-refractivity contribution in [2.45, 2.75) is 91.2 Å². The van der Waals surface area contributed by atoms with Gasteiger partial charge in [-0.15, -0.1) is 0 Å². The van der Waals surface area contributed by atoms with Crippen LogP contribution in [-0.4, -0.2) is 37.8 Å². The molecule has 7 nitrogen and oxygen atoms in total. The molecule has 186 valence electrons. The number of aryl methyl sites for hydroxylation is 2. The van der Waals surface area contributed by atoms with Gasteiger partial charge >= 0.3 is 0 Å². The molecule has 2 aliphatic rings. The number of nitrogens with one attached hydrogen (secondary N) is 2. The number of rotatable bonds is 5. The van der Waals surface area contributed by atoms with Gasteiger partial charge in [0, 0.05) is 23.8 Å². The average Bonchev–Trinajstić information content (AvgIpc) is 3.10. The molecule has 0 aliphatic heterocycles. The number of benzene rings is 1. The molecule has 0 radical (unpaired) electrons. The Morgan fingerprint density at radius 1 is 1.14 bits per heavy atom. The lowest BCUT2D eigenvalue weighted by atomic mass is 9.75. The maximum Gasteiger partial charge on any atom is 0.258 e. The molecule has 0 spiro atoms. The number of nitrogens with zero attached hydrogens (tertiary/aromatic N) is 2. The van der Waals surface area contributed by atoms with Crippen LogP contribution < -0.4 is 10.9 Å². The summed E-state index contributed by atoms with van der Waals surface area (Å²) in [6.07, 6.45) is 6.04. The summed E-state index contributed by atoms with van der Waals surface area (Å²) in [5.74, 6) is 0.154. The van der Waals surface area contributed by atoms with Gasteiger partial charge in [0.2, 0.25) is 0 Å². The van der Waals surface area contributed by atoms with Crippen molar-refractivity contribution < 1.29 is 9.90 Å². The summed E-state index contributed by atoms with van der Waals surface area (Å²) >= 11 is 0. The van der Waals surface area contributed by atoms with E-state index < -0.39 is 0 Å². The van der Waals surface area contributed by atoms with Crippen LogP contribution in [0.5, 0.6) is 0 Å². The number of hydrogen-bond acceptors (Lipinski definition) is 5. The van der Waals surface area contributed by atoms with Gasteiger partial charge < -0.3 is 15.4 Å². The van der Waals surface area contributed by atoms with Gasteiger partial charge in [-0.05, 0) is 74.4 Å². The fourth-order valence-corrected chi connectivity index (χ4v) is 5.88. The highest BCUT2D eigenvalue weighted by Gasteiger charge is 2.36. The van der Waals surface area contributed by atoms with Crippen LogP contribution in [0.2, 0.25) is 0 Å². The van der Waals surface area contributed by atoms with E-state index in [1.54, 1.807) is 0 Å². The van der Waals surface area contributed by atoms with Gasteiger partial charge in [0.1, 0.15) is 0 Å². The average molecular weight is 477 g/mol. The molecule has 0 atom stereocenters. The van der Waals surface area contributed by atoms with Crippen LogP contribution in [0.25, 0.3) is 16.5 Å². The minimum atomic E-state index is -0.240. The smallest absolute Gasteiger partial charge is 0.258 e. The number of H-pyrrole nitrogens is 1. The van der Waals surface area contributed by atoms with Crippen LogP contribution >= 0.6 is 0 Å². The first kappa shape index (κ1) is 23.8. The Kier molecular flexibility index (Phi) is 6.08. The second-order valence-electron chi connectivity index (χ2n) is 11.2. The van der Waals surface area contributed by atoms with Crippen LogP contribution in [0.15, 0.2) is 23.0 Å². The van der Waals surface area contributed by atoms with Crippen LogP contribution in [0, 0.1) is 12.3 Å². The maximum atomic E-state index is 13.2. The van der Waals surface area contributed by atoms with E-state index in [1.807, 2.05) is 23.7 Å². The molecule has 0 unspecified atom stereocenters. The Labute approximate surface area is 205 Å². The molecule has 1 saturated carbocycles. The standard InChI is InChI=1S/C28H36N4O3/c1-5-6-19-11-17-12-20(32-23-14-28(3,4)15-24(34)25(23)16(2)31-32)13-22(26(17)27(35)30-19)29-18-7-9-21(33)10-8-18/h11-13,18,21,29,33H,5-10,14-15H2,1-4H3,(H,30,35)/t18-,21-. The summed E-state index contributed by atoms with van der Waals surface area (Å²) in [5.41, 5.74) is 4.81. The Balaban J connectivity index is 1.67. The van der Waals surface area contributed by atoms with E-state index in [4.69, 9.17) is 5.10 Å². The number of carbonyl (C=O) groups is 1. The number of aromatic amines is 1. The number of ketones is 1. The number of anilines is 1. The van der Waals surface area contributed by atoms with E-state index >= 15 is 0 Å². The summed E-state index contributed by atoms with van der Waals surface area (Å²) in [6.45, 7) is 8.26. The Morgan fingerprint density at radius 2 is 1.89 bits per heavy atom. The fourth-order valence-electron chi connectivity index (χ4n) is 5.88. The van der Waals surface area contributed by atoms with Crippen molar-refractivity contribution in [3.63, 3.8) is 0 Å². The first-order valence-electron chi connectivity index (χ1n) is 12.9. The van der Waals surface area contributed by atoms with Crippen LogP contribution in [0.1, 0.15) is 86.7 Å². The lowest BCUT2D eigenvalue weighted by Gasteiger charge is -2.29. The van der Waals surface area contributed by atoms with Gasteiger partial charge in [-0.2, -0.15) is 5.10 Å². The Morgan fingerprint density at radius 3 is 2.60 bits per heavy atom. The normalized spacial score (nSPS) is 21.8. The summed E-state index contributed by atoms with van der Waals surface area (Å²) in [5, 5.41) is 19.9. The number of Topliss-reactive ketones (excluding diaryl/α,β-unsaturated/α-hetero) is 1. The van der Waals surface area contributed by atoms with Gasteiger partial charge in [-0.1, -0.05) is 27.2 Å². The van der Waals surface area contributed by atoms with Gasteiger partial charge in [0.05, 0.1) is 34.1 Å². The van der Waals surface area contributed by atoms with Gasteiger partial charge in [-0.3, -0.25) is 9.59 Å². The molecule has 0 saturated heterocycles. The molecule has 2 heterocycles. The highest BCUT2D eigenvalue weighted by atomic mass is 16.3. The highest BCUT2D eigenvalue weighted by molar-refractivity contribution is 6.00. The lowest BCUT2D eigenvalue weighted by molar-refractivity contribution is 0.0910. The predicted octanol–water partition coefficient (Wildman–Crippen LogP) is 4.85. The van der Waals surface area contributed by atoms with Gasteiger partial charge in [0.25, 0.3) is 5.56 Å². The Hall–Kier alpha value is -2.93. The second-order valence-corrected chi connectivity index (χ2v) is 11.2. The molecule has 5 rings (SSSR count). The third-order valence-electron chi connectivity index (χ3n) is 7.52. The molecule has 1 fully saturated rings. The van der Waals surface area contributed by atoms with E-state index in [-0.39, 0.29) is 28.9 Å². The van der Waals surface area contributed by atoms with Crippen LogP contribution in [0.4, 0.5) is 5.69 Å². The number of carbonyl (C=O) groups excluding carboxylic acids is 1. The SMILES string of the molecule is CCCc1cc2cc(-n3nc(C)c4c3CC(C)(C)CC4=O)cc(N[C@H]3CC[C@H](O)CC3)c2c(=O)[nH]1. The van der Waals surface area contributed by atoms with Crippen molar-refractivity contribution in [1.29, 1.82) is 0 Å².